The highest BCUT2D eigenvalue weighted by Crippen LogP contribution is 2.43. The van der Waals surface area contributed by atoms with Gasteiger partial charge < -0.3 is 10.1 Å². The highest BCUT2D eigenvalue weighted by Gasteiger charge is 2.36. The average Bonchev–Trinajstić information content (AvgIpc) is 3.03. The van der Waals surface area contributed by atoms with Gasteiger partial charge in [-0.1, -0.05) is 11.6 Å². The third-order valence-electron chi connectivity index (χ3n) is 3.78. The van der Waals surface area contributed by atoms with Crippen LogP contribution in [0.1, 0.15) is 38.2 Å². The zero-order chi connectivity index (χ0) is 12.8. The summed E-state index contributed by atoms with van der Waals surface area (Å²) < 4.78 is 19.5. The van der Waals surface area contributed by atoms with Crippen LogP contribution in [0.3, 0.4) is 0 Å². The molecule has 0 bridgehead atoms. The number of rotatable bonds is 3. The molecule has 1 aromatic rings. The van der Waals surface area contributed by atoms with Gasteiger partial charge in [0.05, 0.1) is 11.1 Å². The maximum Gasteiger partial charge on any atom is 0.143 e. The lowest BCUT2D eigenvalue weighted by Gasteiger charge is -2.28. The summed E-state index contributed by atoms with van der Waals surface area (Å²) in [5.41, 5.74) is 0.632. The van der Waals surface area contributed by atoms with Crippen molar-refractivity contribution in [2.45, 2.75) is 44.2 Å². The van der Waals surface area contributed by atoms with E-state index in [2.05, 4.69) is 12.2 Å². The van der Waals surface area contributed by atoms with Gasteiger partial charge in [0.2, 0.25) is 0 Å². The standard InChI is InChI=1S/C14H17ClFNO/c1-14(5-2-6-17-14)11-7-9(16)8-12(15)13(11)18-10-3-4-10/h7-8,10,17H,2-6H2,1H3. The van der Waals surface area contributed by atoms with Gasteiger partial charge in [0.25, 0.3) is 0 Å². The van der Waals surface area contributed by atoms with Gasteiger partial charge in [0.15, 0.2) is 0 Å². The Bertz CT molecular complexity index is 467. The third kappa shape index (κ3) is 2.21. The summed E-state index contributed by atoms with van der Waals surface area (Å²) in [5, 5.41) is 3.81. The minimum Gasteiger partial charge on any atom is -0.489 e. The van der Waals surface area contributed by atoms with Crippen molar-refractivity contribution in [3.63, 3.8) is 0 Å². The van der Waals surface area contributed by atoms with Gasteiger partial charge in [-0.3, -0.25) is 0 Å². The number of hydrogen-bond acceptors (Lipinski definition) is 2. The van der Waals surface area contributed by atoms with Crippen molar-refractivity contribution in [3.8, 4) is 5.75 Å². The third-order valence-corrected chi connectivity index (χ3v) is 4.06. The first-order chi connectivity index (χ1) is 8.58. The fourth-order valence-electron chi connectivity index (χ4n) is 2.57. The number of halogens is 2. The molecule has 98 valence electrons. The Labute approximate surface area is 111 Å². The van der Waals surface area contributed by atoms with Gasteiger partial charge in [0.1, 0.15) is 11.6 Å². The van der Waals surface area contributed by atoms with Gasteiger partial charge in [-0.25, -0.2) is 4.39 Å². The van der Waals surface area contributed by atoms with Crippen LogP contribution < -0.4 is 10.1 Å². The summed E-state index contributed by atoms with van der Waals surface area (Å²) >= 11 is 6.15. The molecule has 1 aliphatic carbocycles. The summed E-state index contributed by atoms with van der Waals surface area (Å²) in [6.45, 7) is 3.04. The van der Waals surface area contributed by atoms with Gasteiger partial charge in [-0.05, 0) is 51.3 Å². The molecule has 0 radical (unpaired) electrons. The molecule has 1 aromatic carbocycles. The largest absolute Gasteiger partial charge is 0.489 e. The van der Waals surface area contributed by atoms with Gasteiger partial charge in [-0.15, -0.1) is 0 Å². The van der Waals surface area contributed by atoms with Gasteiger partial charge in [0, 0.05) is 11.1 Å². The minimum atomic E-state index is -0.298. The molecule has 0 aromatic heterocycles. The summed E-state index contributed by atoms with van der Waals surface area (Å²) in [4.78, 5) is 0. The van der Waals surface area contributed by atoms with E-state index in [1.807, 2.05) is 0 Å². The number of benzene rings is 1. The summed E-state index contributed by atoms with van der Waals surface area (Å²) in [6.07, 6.45) is 4.47. The fourth-order valence-corrected chi connectivity index (χ4v) is 2.82. The second-order valence-electron chi connectivity index (χ2n) is 5.44. The molecule has 2 nitrogen and oxygen atoms in total. The molecule has 1 atom stereocenters. The Kier molecular flexibility index (Phi) is 2.99. The zero-order valence-corrected chi connectivity index (χ0v) is 11.2. The van der Waals surface area contributed by atoms with Crippen LogP contribution in [0.5, 0.6) is 5.75 Å². The lowest BCUT2D eigenvalue weighted by atomic mass is 9.89. The van der Waals surface area contributed by atoms with Gasteiger partial charge >= 0.3 is 0 Å². The Balaban J connectivity index is 2.04. The Hall–Kier alpha value is -0.800. The lowest BCUT2D eigenvalue weighted by molar-refractivity contribution is 0.287. The lowest BCUT2D eigenvalue weighted by Crippen LogP contribution is -2.34. The number of nitrogens with one attached hydrogen (secondary N) is 1. The highest BCUT2D eigenvalue weighted by molar-refractivity contribution is 6.32. The van der Waals surface area contributed by atoms with E-state index in [0.717, 1.165) is 37.8 Å². The van der Waals surface area contributed by atoms with Crippen LogP contribution in [-0.4, -0.2) is 12.6 Å². The Morgan fingerprint density at radius 3 is 2.83 bits per heavy atom. The Morgan fingerprint density at radius 1 is 1.44 bits per heavy atom. The van der Waals surface area contributed by atoms with E-state index in [1.165, 1.54) is 6.07 Å². The minimum absolute atomic E-state index is 0.226. The molecular formula is C14H17ClFNO. The smallest absolute Gasteiger partial charge is 0.143 e. The van der Waals surface area contributed by atoms with Crippen molar-refractivity contribution >= 4 is 11.6 Å². The van der Waals surface area contributed by atoms with E-state index in [4.69, 9.17) is 16.3 Å². The molecule has 0 spiro atoms. The molecule has 0 amide bonds. The van der Waals surface area contributed by atoms with Crippen molar-refractivity contribution in [2.24, 2.45) is 0 Å². The van der Waals surface area contributed by atoms with Crippen LogP contribution >= 0.6 is 11.6 Å². The molecule has 2 aliphatic rings. The van der Waals surface area contributed by atoms with E-state index >= 15 is 0 Å². The zero-order valence-electron chi connectivity index (χ0n) is 10.4. The molecule has 3 rings (SSSR count). The predicted molar refractivity (Wildman–Crippen MR) is 69.6 cm³/mol. The first kappa shape index (κ1) is 12.2. The van der Waals surface area contributed by atoms with Gasteiger partial charge in [-0.2, -0.15) is 0 Å². The van der Waals surface area contributed by atoms with E-state index in [0.29, 0.717) is 10.8 Å². The molecular weight excluding hydrogens is 253 g/mol. The van der Waals surface area contributed by atoms with Crippen LogP contribution in [0, 0.1) is 5.82 Å². The van der Waals surface area contributed by atoms with E-state index < -0.39 is 0 Å². The molecule has 4 heteroatoms. The number of hydrogen-bond donors (Lipinski definition) is 1. The summed E-state index contributed by atoms with van der Waals surface area (Å²) in [5.74, 6) is 0.366. The molecule has 1 N–H and O–H groups in total. The first-order valence-corrected chi connectivity index (χ1v) is 6.87. The maximum absolute atomic E-state index is 13.6. The molecule has 2 fully saturated rings. The van der Waals surface area contributed by atoms with Crippen LogP contribution in [0.15, 0.2) is 12.1 Å². The molecule has 18 heavy (non-hydrogen) atoms. The highest BCUT2D eigenvalue weighted by atomic mass is 35.5. The van der Waals surface area contributed by atoms with Crippen molar-refractivity contribution in [3.05, 3.63) is 28.5 Å². The molecule has 1 heterocycles. The van der Waals surface area contributed by atoms with Crippen molar-refractivity contribution in [1.82, 2.24) is 5.32 Å². The Morgan fingerprint density at radius 2 is 2.22 bits per heavy atom. The van der Waals surface area contributed by atoms with E-state index in [9.17, 15) is 4.39 Å². The normalized spacial score (nSPS) is 27.5. The maximum atomic E-state index is 13.6. The van der Waals surface area contributed by atoms with Crippen molar-refractivity contribution < 1.29 is 9.13 Å². The fraction of sp³-hybridized carbons (Fsp3) is 0.571. The summed E-state index contributed by atoms with van der Waals surface area (Å²) in [7, 11) is 0. The first-order valence-electron chi connectivity index (χ1n) is 6.50. The summed E-state index contributed by atoms with van der Waals surface area (Å²) in [6, 6.07) is 2.89. The monoisotopic (exact) mass is 269 g/mol. The molecule has 1 unspecified atom stereocenters. The van der Waals surface area contributed by atoms with E-state index in [1.54, 1.807) is 6.07 Å². The SMILES string of the molecule is CC1(c2cc(F)cc(Cl)c2OC2CC2)CCCN1. The average molecular weight is 270 g/mol. The second-order valence-corrected chi connectivity index (χ2v) is 5.85. The van der Waals surface area contributed by atoms with Crippen LogP contribution in [0.2, 0.25) is 5.02 Å². The number of ether oxygens (including phenoxy) is 1. The van der Waals surface area contributed by atoms with Crippen molar-refractivity contribution in [2.75, 3.05) is 6.54 Å². The molecule has 1 saturated heterocycles. The second kappa shape index (κ2) is 4.39. The predicted octanol–water partition coefficient (Wildman–Crippen LogP) is 3.62. The van der Waals surface area contributed by atoms with Crippen LogP contribution in [0.25, 0.3) is 0 Å². The molecule has 1 aliphatic heterocycles. The molecule has 1 saturated carbocycles. The van der Waals surface area contributed by atoms with E-state index in [-0.39, 0.29) is 17.5 Å². The van der Waals surface area contributed by atoms with Crippen molar-refractivity contribution in [1.29, 1.82) is 0 Å². The topological polar surface area (TPSA) is 21.3 Å². The van der Waals surface area contributed by atoms with Crippen LogP contribution in [-0.2, 0) is 5.54 Å². The quantitative estimate of drug-likeness (QED) is 0.905. The van der Waals surface area contributed by atoms with Crippen LogP contribution in [0.4, 0.5) is 4.39 Å².